The summed E-state index contributed by atoms with van der Waals surface area (Å²) in [7, 11) is 1.70. The Bertz CT molecular complexity index is 358. The van der Waals surface area contributed by atoms with Gasteiger partial charge in [0.15, 0.2) is 0 Å². The van der Waals surface area contributed by atoms with Gasteiger partial charge in [-0.25, -0.2) is 0 Å². The Morgan fingerprint density at radius 1 is 1.26 bits per heavy atom. The van der Waals surface area contributed by atoms with Crippen LogP contribution in [0.4, 0.5) is 0 Å². The number of ether oxygens (including phenoxy) is 2. The molecule has 0 saturated carbocycles. The minimum absolute atomic E-state index is 0.585. The molecule has 1 saturated heterocycles. The van der Waals surface area contributed by atoms with E-state index in [9.17, 15) is 0 Å². The van der Waals surface area contributed by atoms with E-state index in [1.54, 1.807) is 7.11 Å². The largest absolute Gasteiger partial charge is 0.497 e. The molecule has 0 bridgehead atoms. The van der Waals surface area contributed by atoms with Gasteiger partial charge in [-0.05, 0) is 56.3 Å². The lowest BCUT2D eigenvalue weighted by atomic mass is 9.93. The highest BCUT2D eigenvalue weighted by atomic mass is 16.5. The highest BCUT2D eigenvalue weighted by molar-refractivity contribution is 5.27. The third-order valence-corrected chi connectivity index (χ3v) is 4.01. The molecule has 1 aliphatic rings. The second-order valence-corrected chi connectivity index (χ2v) is 5.29. The lowest BCUT2D eigenvalue weighted by Gasteiger charge is -2.28. The molecule has 3 heteroatoms. The molecule has 1 fully saturated rings. The number of benzene rings is 1. The van der Waals surface area contributed by atoms with Gasteiger partial charge in [-0.2, -0.15) is 0 Å². The maximum atomic E-state index is 5.41. The zero-order valence-electron chi connectivity index (χ0n) is 12.0. The minimum Gasteiger partial charge on any atom is -0.497 e. The summed E-state index contributed by atoms with van der Waals surface area (Å²) < 4.78 is 10.6. The zero-order valence-corrected chi connectivity index (χ0v) is 12.0. The van der Waals surface area contributed by atoms with Crippen molar-refractivity contribution in [1.82, 2.24) is 5.32 Å². The number of hydrogen-bond acceptors (Lipinski definition) is 3. The lowest BCUT2D eigenvalue weighted by Crippen LogP contribution is -2.37. The predicted octanol–water partition coefficient (Wildman–Crippen LogP) is 2.64. The first-order valence-corrected chi connectivity index (χ1v) is 7.23. The van der Waals surface area contributed by atoms with E-state index in [4.69, 9.17) is 9.47 Å². The highest BCUT2D eigenvalue weighted by Gasteiger charge is 2.19. The maximum absolute atomic E-state index is 5.41. The van der Waals surface area contributed by atoms with Gasteiger partial charge in [0.05, 0.1) is 7.11 Å². The average Bonchev–Trinajstić information content (AvgIpc) is 2.49. The second-order valence-electron chi connectivity index (χ2n) is 5.29. The van der Waals surface area contributed by atoms with E-state index in [0.29, 0.717) is 6.04 Å². The highest BCUT2D eigenvalue weighted by Crippen LogP contribution is 2.18. The van der Waals surface area contributed by atoms with Gasteiger partial charge in [0.2, 0.25) is 0 Å². The van der Waals surface area contributed by atoms with Gasteiger partial charge in [0.1, 0.15) is 5.75 Å². The van der Waals surface area contributed by atoms with Gasteiger partial charge in [-0.1, -0.05) is 12.1 Å². The van der Waals surface area contributed by atoms with E-state index in [0.717, 1.165) is 37.8 Å². The fourth-order valence-corrected chi connectivity index (χ4v) is 2.62. The first kappa shape index (κ1) is 14.4. The molecule has 1 aromatic carbocycles. The molecular formula is C16H25NO2. The summed E-state index contributed by atoms with van der Waals surface area (Å²) in [5.74, 6) is 1.69. The summed E-state index contributed by atoms with van der Waals surface area (Å²) in [6.07, 6.45) is 3.45. The molecule has 1 atom stereocenters. The Hall–Kier alpha value is -1.06. The normalized spacial score (nSPS) is 18.2. The Kier molecular flexibility index (Phi) is 5.67. The molecule has 0 aromatic heterocycles. The van der Waals surface area contributed by atoms with Crippen molar-refractivity contribution in [3.8, 4) is 5.75 Å². The van der Waals surface area contributed by atoms with E-state index >= 15 is 0 Å². The molecule has 1 unspecified atom stereocenters. The van der Waals surface area contributed by atoms with Crippen molar-refractivity contribution < 1.29 is 9.47 Å². The molecule has 0 spiro atoms. The van der Waals surface area contributed by atoms with Crippen LogP contribution in [-0.2, 0) is 11.2 Å². The van der Waals surface area contributed by atoms with E-state index in [1.807, 2.05) is 12.1 Å². The van der Waals surface area contributed by atoms with Crippen molar-refractivity contribution in [3.05, 3.63) is 29.8 Å². The van der Waals surface area contributed by atoms with Crippen LogP contribution in [0.2, 0.25) is 0 Å². The lowest BCUT2D eigenvalue weighted by molar-refractivity contribution is 0.0561. The third kappa shape index (κ3) is 4.51. The SMILES string of the molecule is COc1ccc(CCNC(C)C2CCOCC2)cc1. The maximum Gasteiger partial charge on any atom is 0.118 e. The molecule has 0 aliphatic carbocycles. The minimum atomic E-state index is 0.585. The molecular weight excluding hydrogens is 238 g/mol. The van der Waals surface area contributed by atoms with Crippen molar-refractivity contribution >= 4 is 0 Å². The Labute approximate surface area is 116 Å². The molecule has 0 radical (unpaired) electrons. The Morgan fingerprint density at radius 2 is 1.95 bits per heavy atom. The molecule has 0 amide bonds. The van der Waals surface area contributed by atoms with E-state index in [-0.39, 0.29) is 0 Å². The predicted molar refractivity (Wildman–Crippen MR) is 77.7 cm³/mol. The number of rotatable bonds is 6. The standard InChI is InChI=1S/C16H25NO2/c1-13(15-8-11-19-12-9-15)17-10-7-14-3-5-16(18-2)6-4-14/h3-6,13,15,17H,7-12H2,1-2H3. The topological polar surface area (TPSA) is 30.5 Å². The van der Waals surface area contributed by atoms with Crippen molar-refractivity contribution in [2.75, 3.05) is 26.9 Å². The van der Waals surface area contributed by atoms with Crippen LogP contribution in [0.3, 0.4) is 0 Å². The van der Waals surface area contributed by atoms with Gasteiger partial charge in [0.25, 0.3) is 0 Å². The average molecular weight is 263 g/mol. The molecule has 1 N–H and O–H groups in total. The summed E-state index contributed by atoms with van der Waals surface area (Å²) in [5, 5.41) is 3.64. The first-order valence-electron chi connectivity index (χ1n) is 7.23. The second kappa shape index (κ2) is 7.51. The molecule has 1 aliphatic heterocycles. The number of nitrogens with one attached hydrogen (secondary N) is 1. The fraction of sp³-hybridized carbons (Fsp3) is 0.625. The Balaban J connectivity index is 1.69. The third-order valence-electron chi connectivity index (χ3n) is 4.01. The Morgan fingerprint density at radius 3 is 2.58 bits per heavy atom. The van der Waals surface area contributed by atoms with Crippen LogP contribution in [0.25, 0.3) is 0 Å². The summed E-state index contributed by atoms with van der Waals surface area (Å²) in [5.41, 5.74) is 1.35. The molecule has 2 rings (SSSR count). The van der Waals surface area contributed by atoms with Crippen LogP contribution in [0.15, 0.2) is 24.3 Å². The van der Waals surface area contributed by atoms with E-state index in [1.165, 1.54) is 18.4 Å². The van der Waals surface area contributed by atoms with Crippen LogP contribution in [0.5, 0.6) is 5.75 Å². The summed E-state index contributed by atoms with van der Waals surface area (Å²) in [6, 6.07) is 8.91. The molecule has 1 aromatic rings. The first-order chi connectivity index (χ1) is 9.29. The van der Waals surface area contributed by atoms with Crippen molar-refractivity contribution in [1.29, 1.82) is 0 Å². The quantitative estimate of drug-likeness (QED) is 0.856. The van der Waals surface area contributed by atoms with Gasteiger partial charge < -0.3 is 14.8 Å². The molecule has 19 heavy (non-hydrogen) atoms. The number of hydrogen-bond donors (Lipinski definition) is 1. The molecule has 106 valence electrons. The smallest absolute Gasteiger partial charge is 0.118 e. The summed E-state index contributed by atoms with van der Waals surface area (Å²) in [4.78, 5) is 0. The van der Waals surface area contributed by atoms with E-state index in [2.05, 4.69) is 24.4 Å². The van der Waals surface area contributed by atoms with Crippen molar-refractivity contribution in [2.24, 2.45) is 5.92 Å². The van der Waals surface area contributed by atoms with Crippen LogP contribution in [0, 0.1) is 5.92 Å². The van der Waals surface area contributed by atoms with Crippen molar-refractivity contribution in [3.63, 3.8) is 0 Å². The number of methoxy groups -OCH3 is 1. The van der Waals surface area contributed by atoms with Crippen LogP contribution >= 0.6 is 0 Å². The van der Waals surface area contributed by atoms with Gasteiger partial charge in [-0.3, -0.25) is 0 Å². The van der Waals surface area contributed by atoms with Gasteiger partial charge >= 0.3 is 0 Å². The summed E-state index contributed by atoms with van der Waals surface area (Å²) >= 11 is 0. The summed E-state index contributed by atoms with van der Waals surface area (Å²) in [6.45, 7) is 5.18. The van der Waals surface area contributed by atoms with E-state index < -0.39 is 0 Å². The van der Waals surface area contributed by atoms with Crippen LogP contribution < -0.4 is 10.1 Å². The van der Waals surface area contributed by atoms with Crippen LogP contribution in [-0.4, -0.2) is 32.9 Å². The van der Waals surface area contributed by atoms with Gasteiger partial charge in [0, 0.05) is 19.3 Å². The fourth-order valence-electron chi connectivity index (χ4n) is 2.62. The zero-order chi connectivity index (χ0) is 13.5. The van der Waals surface area contributed by atoms with Gasteiger partial charge in [-0.15, -0.1) is 0 Å². The molecule has 3 nitrogen and oxygen atoms in total. The van der Waals surface area contributed by atoms with Crippen LogP contribution in [0.1, 0.15) is 25.3 Å². The monoisotopic (exact) mass is 263 g/mol. The molecule has 1 heterocycles. The van der Waals surface area contributed by atoms with Crippen molar-refractivity contribution in [2.45, 2.75) is 32.2 Å².